The van der Waals surface area contributed by atoms with Gasteiger partial charge in [0.25, 0.3) is 11.8 Å². The molecule has 0 radical (unpaired) electrons. The molecule has 0 unspecified atom stereocenters. The number of carbonyl (C=O) groups is 6. The summed E-state index contributed by atoms with van der Waals surface area (Å²) in [7, 11) is 0. The fourth-order valence-corrected chi connectivity index (χ4v) is 12.2. The van der Waals surface area contributed by atoms with Gasteiger partial charge in [0.15, 0.2) is 37.7 Å². The number of amides is 2. The monoisotopic (exact) mass is 1450 g/mol. The van der Waals surface area contributed by atoms with Gasteiger partial charge >= 0.3 is 5.97 Å². The summed E-state index contributed by atoms with van der Waals surface area (Å²) < 4.78 is 68.2. The molecule has 7 fully saturated rings. The van der Waals surface area contributed by atoms with Gasteiger partial charge in [-0.25, -0.2) is 4.79 Å². The van der Waals surface area contributed by atoms with Gasteiger partial charge in [-0.3, -0.25) is 28.9 Å². The summed E-state index contributed by atoms with van der Waals surface area (Å²) in [5, 5.41) is 201. The summed E-state index contributed by atoms with van der Waals surface area (Å²) in [6.07, 6.45) is -50.0. The number of hydroxylamine groups is 2. The first-order chi connectivity index (χ1) is 47.5. The number of ether oxygens (including phenoxy) is 12. The zero-order chi connectivity index (χ0) is 73.4. The minimum atomic E-state index is -2.02. The van der Waals surface area contributed by atoms with E-state index in [1.165, 1.54) is 11.8 Å². The van der Waals surface area contributed by atoms with E-state index in [4.69, 9.17) is 61.7 Å². The van der Waals surface area contributed by atoms with Crippen molar-refractivity contribution >= 4 is 35.1 Å². The van der Waals surface area contributed by atoms with Crippen molar-refractivity contribution in [3.63, 3.8) is 0 Å². The molecule has 2 amide bonds. The van der Waals surface area contributed by atoms with Gasteiger partial charge in [0.1, 0.15) is 152 Å². The third-order valence-electron chi connectivity index (χ3n) is 18.2. The van der Waals surface area contributed by atoms with Crippen LogP contribution in [0.3, 0.4) is 0 Å². The molecule has 40 heteroatoms. The number of aliphatic hydroxyl groups excluding tert-OH is 19. The van der Waals surface area contributed by atoms with Crippen molar-refractivity contribution in [3.8, 4) is 0 Å². The molecule has 7 aliphatic rings. The van der Waals surface area contributed by atoms with Crippen molar-refractivity contribution in [2.45, 2.75) is 262 Å². The van der Waals surface area contributed by atoms with Crippen LogP contribution in [0, 0.1) is 5.92 Å². The molecule has 19 N–H and O–H groups in total. The number of ketones is 3. The van der Waals surface area contributed by atoms with Crippen molar-refractivity contribution in [1.29, 1.82) is 0 Å². The highest BCUT2D eigenvalue weighted by Crippen LogP contribution is 2.35. The minimum Gasteiger partial charge on any atom is -0.394 e. The van der Waals surface area contributed by atoms with Crippen molar-refractivity contribution < 1.29 is 187 Å². The number of imide groups is 1. The second kappa shape index (κ2) is 39.6. The van der Waals surface area contributed by atoms with E-state index in [2.05, 4.69) is 0 Å². The van der Waals surface area contributed by atoms with Crippen molar-refractivity contribution in [2.24, 2.45) is 5.92 Å². The molecule has 0 aromatic rings. The van der Waals surface area contributed by atoms with Crippen LogP contribution in [0.1, 0.15) is 84.0 Å². The molecular weight excluding hydrogens is 1360 g/mol. The number of carbonyl (C=O) groups excluding carboxylic acids is 6. The van der Waals surface area contributed by atoms with E-state index in [1.54, 1.807) is 0 Å². The van der Waals surface area contributed by atoms with Gasteiger partial charge < -0.3 is 159 Å². The van der Waals surface area contributed by atoms with Crippen LogP contribution in [-0.4, -0.2) is 393 Å². The number of rotatable bonds is 38. The van der Waals surface area contributed by atoms with Crippen LogP contribution in [0.5, 0.6) is 0 Å². The van der Waals surface area contributed by atoms with Gasteiger partial charge in [-0.05, 0) is 25.7 Å². The Bertz CT molecular complexity index is 2410. The van der Waals surface area contributed by atoms with Crippen LogP contribution in [0.25, 0.3) is 0 Å². The summed E-state index contributed by atoms with van der Waals surface area (Å²) in [4.78, 5) is 83.2. The topological polar surface area (TPSA) is 613 Å². The molecule has 0 bridgehead atoms. The number of aliphatic hydroxyl groups is 19. The van der Waals surface area contributed by atoms with Crippen molar-refractivity contribution in [2.75, 3.05) is 72.5 Å². The molecule has 576 valence electrons. The smallest absolute Gasteiger partial charge is 0.333 e. The Morgan fingerprint density at radius 2 is 0.710 bits per heavy atom. The number of unbranched alkanes of at least 4 members (excludes halogenated alkanes) is 3. The maximum absolute atomic E-state index is 13.8. The molecule has 0 aliphatic carbocycles. The number of nitrogens with zero attached hydrogens (tertiary/aromatic N) is 2. The Morgan fingerprint density at radius 1 is 0.380 bits per heavy atom. The van der Waals surface area contributed by atoms with Gasteiger partial charge in [0.2, 0.25) is 0 Å². The van der Waals surface area contributed by atoms with Crippen LogP contribution in [-0.2, 0) is 90.4 Å². The second-order valence-electron chi connectivity index (χ2n) is 25.7. The number of hydrogen-bond donors (Lipinski definition) is 19. The van der Waals surface area contributed by atoms with Crippen LogP contribution in [0.15, 0.2) is 0 Å². The quantitative estimate of drug-likeness (QED) is 0.0202. The molecule has 7 aliphatic heterocycles. The van der Waals surface area contributed by atoms with E-state index in [0.717, 1.165) is 0 Å². The largest absolute Gasteiger partial charge is 0.394 e. The predicted molar refractivity (Wildman–Crippen MR) is 318 cm³/mol. The van der Waals surface area contributed by atoms with E-state index in [0.29, 0.717) is 24.3 Å². The third kappa shape index (κ3) is 21.8. The SMILES string of the molecule is C[C@@H]1[C@@H](O[C@@H]2[C@@H](O)[C@H](OCCCC(=O)CN(CC(=O)CCCCCCC(=O)ON3C(=O)CCC3=O)CC(=O)CCCO[C@@H]3O[C@H](CO[C@H]4O[C@H](CO)[C@@H](O)[C@H](O)[C@@H]4O)[C@@H](O)[C@H](O[C@H]4O[C@H](CO)[C@@H](O)[C@H](O)[C@@H]4O)[C@H]3O)O[C@H](CO[C@H]3O[C@H](CO)[C@@H](O)[C@H](O)[C@@H]3O)[C@H]2O)O[C@H](CO)[C@@H](O)[C@@H]1O. The molecule has 100 heavy (non-hydrogen) atoms. The van der Waals surface area contributed by atoms with E-state index < -0.39 is 285 Å². The molecule has 40 nitrogen and oxygen atoms in total. The minimum absolute atomic E-state index is 0.0378. The number of Topliss-reactive ketones (excluding diaryl/α,β-unsaturated/α-hetero) is 3. The molecule has 0 saturated carbocycles. The third-order valence-corrected chi connectivity index (χ3v) is 18.2. The van der Waals surface area contributed by atoms with E-state index >= 15 is 0 Å². The molecule has 30 atom stereocenters. The average Bonchev–Trinajstić information content (AvgIpc) is 0.792. The van der Waals surface area contributed by atoms with Crippen molar-refractivity contribution in [3.05, 3.63) is 0 Å². The molecule has 7 saturated heterocycles. The van der Waals surface area contributed by atoms with Gasteiger partial charge in [-0.15, -0.1) is 5.06 Å². The summed E-state index contributed by atoms with van der Waals surface area (Å²) >= 11 is 0. The van der Waals surface area contributed by atoms with Crippen LogP contribution < -0.4 is 0 Å². The Balaban J connectivity index is 0.973. The highest BCUT2D eigenvalue weighted by atomic mass is 16.8. The first-order valence-electron chi connectivity index (χ1n) is 33.2. The van der Waals surface area contributed by atoms with E-state index in [-0.39, 0.29) is 64.4 Å². The zero-order valence-corrected chi connectivity index (χ0v) is 54.7. The van der Waals surface area contributed by atoms with Crippen LogP contribution >= 0.6 is 0 Å². The van der Waals surface area contributed by atoms with Crippen molar-refractivity contribution in [1.82, 2.24) is 9.96 Å². The van der Waals surface area contributed by atoms with Crippen LogP contribution in [0.4, 0.5) is 0 Å². The lowest BCUT2D eigenvalue weighted by molar-refractivity contribution is -0.366. The second-order valence-corrected chi connectivity index (χ2v) is 25.7. The van der Waals surface area contributed by atoms with Gasteiger partial charge in [-0.2, -0.15) is 0 Å². The lowest BCUT2D eigenvalue weighted by Crippen LogP contribution is -2.65. The normalized spacial score (nSPS) is 40.4. The molecule has 0 aromatic heterocycles. The first kappa shape index (κ1) is 83.6. The standard InChI is InChI=1S/C60H98N2O38/c1-25-38(73)39(74)29(19-63)92-55(25)98-53-43(78)33(23-90-56-48(83)45(80)40(75)30(20-64)93-56)96-58(51(53)86)88-14-6-9-27(68)17-61(16-26(67)8-4-2-3-5-11-37(72)100-62-35(70)12-13-36(62)71)18-28(69)10-7-15-89-59-52(87)54(99-60-50(85)47(82)42(77)32(22-66)95-60)44(79)34(97-59)24-91-57-49(84)46(81)41(76)31(21-65)94-57/h25,29-34,38-60,63-66,73-87H,2-24H2,1H3/t25-,29+,30+,31+,32+,33+,34+,38+,39+,40+,41+,42+,43+,44+,45-,46-,47-,48-,49-,50-,51+,52+,53-,54-,55+,56-,57-,58+,59+,60+/m0/s1. The summed E-state index contributed by atoms with van der Waals surface area (Å²) in [6.45, 7) is -5.47. The van der Waals surface area contributed by atoms with Crippen LogP contribution in [0.2, 0.25) is 0 Å². The highest BCUT2D eigenvalue weighted by molar-refractivity contribution is 6.01. The van der Waals surface area contributed by atoms with E-state index in [9.17, 15) is 126 Å². The summed E-state index contributed by atoms with van der Waals surface area (Å²) in [5.41, 5.74) is 0. The Hall–Kier alpha value is -3.66. The van der Waals surface area contributed by atoms with Gasteiger partial charge in [-0.1, -0.05) is 19.8 Å². The molecular formula is C60H98N2O38. The molecule has 0 spiro atoms. The predicted octanol–water partition coefficient (Wildman–Crippen LogP) is -11.3. The Kier molecular flexibility index (Phi) is 33.1. The summed E-state index contributed by atoms with van der Waals surface area (Å²) in [5.74, 6) is -4.55. The summed E-state index contributed by atoms with van der Waals surface area (Å²) in [6, 6.07) is 0. The fraction of sp³-hybridized carbons (Fsp3) is 0.900. The highest BCUT2D eigenvalue weighted by Gasteiger charge is 2.55. The number of hydrogen-bond acceptors (Lipinski definition) is 39. The average molecular weight is 1460 g/mol. The van der Waals surface area contributed by atoms with Gasteiger partial charge in [0.05, 0.1) is 78.6 Å². The fourth-order valence-electron chi connectivity index (χ4n) is 12.2. The molecule has 7 rings (SSSR count). The molecule has 0 aromatic carbocycles. The van der Waals surface area contributed by atoms with E-state index in [1.807, 2.05) is 0 Å². The molecule has 7 heterocycles. The maximum Gasteiger partial charge on any atom is 0.333 e. The lowest BCUT2D eigenvalue weighted by Gasteiger charge is -2.47. The Labute approximate surface area is 571 Å². The lowest BCUT2D eigenvalue weighted by atomic mass is 9.92. The Morgan fingerprint density at radius 3 is 1.12 bits per heavy atom. The van der Waals surface area contributed by atoms with Gasteiger partial charge in [0, 0.05) is 44.4 Å². The first-order valence-corrected chi connectivity index (χ1v) is 33.2. The maximum atomic E-state index is 13.8. The zero-order valence-electron chi connectivity index (χ0n) is 54.7.